The first-order chi connectivity index (χ1) is 7.50. The summed E-state index contributed by atoms with van der Waals surface area (Å²) in [5.41, 5.74) is 2.34. The zero-order chi connectivity index (χ0) is 11.9. The molecule has 90 valence electrons. The fourth-order valence-electron chi connectivity index (χ4n) is 2.17. The molecule has 1 unspecified atom stereocenters. The maximum Gasteiger partial charge on any atom is 0.0739 e. The van der Waals surface area contributed by atoms with Crippen molar-refractivity contribution in [3.05, 3.63) is 15.9 Å². The van der Waals surface area contributed by atoms with Crippen molar-refractivity contribution in [3.8, 4) is 0 Å². The Morgan fingerprint density at radius 2 is 2.19 bits per heavy atom. The Labute approximate surface area is 106 Å². The smallest absolute Gasteiger partial charge is 0.0739 e. The lowest BCUT2D eigenvalue weighted by atomic mass is 10.2. The molecule has 0 radical (unpaired) electrons. The van der Waals surface area contributed by atoms with Gasteiger partial charge >= 0.3 is 0 Å². The Morgan fingerprint density at radius 1 is 1.56 bits per heavy atom. The second-order valence-corrected chi connectivity index (χ2v) is 5.76. The van der Waals surface area contributed by atoms with Crippen LogP contribution in [0.1, 0.15) is 31.2 Å². The molecular formula is C12H20BrN3. The fourth-order valence-corrected chi connectivity index (χ4v) is 2.63. The molecule has 0 N–H and O–H groups in total. The Bertz CT molecular complexity index is 382. The molecule has 0 saturated heterocycles. The number of halogens is 1. The van der Waals surface area contributed by atoms with Crippen molar-refractivity contribution in [3.63, 3.8) is 0 Å². The van der Waals surface area contributed by atoms with Crippen LogP contribution in [0.2, 0.25) is 0 Å². The second-order valence-electron chi connectivity index (χ2n) is 4.96. The second kappa shape index (κ2) is 4.49. The van der Waals surface area contributed by atoms with Crippen molar-refractivity contribution in [2.75, 3.05) is 7.05 Å². The van der Waals surface area contributed by atoms with Gasteiger partial charge in [0.2, 0.25) is 0 Å². The predicted molar refractivity (Wildman–Crippen MR) is 69.3 cm³/mol. The number of rotatable bonds is 4. The van der Waals surface area contributed by atoms with Crippen LogP contribution in [-0.2, 0) is 13.6 Å². The molecule has 1 saturated carbocycles. The highest BCUT2D eigenvalue weighted by atomic mass is 79.9. The molecule has 1 atom stereocenters. The average molecular weight is 286 g/mol. The number of aryl methyl sites for hydroxylation is 2. The van der Waals surface area contributed by atoms with Crippen molar-refractivity contribution in [1.82, 2.24) is 14.7 Å². The third kappa shape index (κ3) is 2.33. The van der Waals surface area contributed by atoms with Crippen molar-refractivity contribution in [1.29, 1.82) is 0 Å². The minimum Gasteiger partial charge on any atom is -0.298 e. The van der Waals surface area contributed by atoms with Gasteiger partial charge in [-0.05, 0) is 55.6 Å². The molecule has 0 aromatic carbocycles. The van der Waals surface area contributed by atoms with E-state index in [9.17, 15) is 0 Å². The topological polar surface area (TPSA) is 21.1 Å². The zero-order valence-electron chi connectivity index (χ0n) is 10.5. The monoisotopic (exact) mass is 285 g/mol. The summed E-state index contributed by atoms with van der Waals surface area (Å²) in [6, 6.07) is 0.683. The molecule has 1 aromatic heterocycles. The zero-order valence-corrected chi connectivity index (χ0v) is 12.1. The SMILES string of the molecule is Cc1nn(C)c(CN(C)C(C)C2CC2)c1Br. The highest BCUT2D eigenvalue weighted by molar-refractivity contribution is 9.10. The van der Waals surface area contributed by atoms with E-state index < -0.39 is 0 Å². The van der Waals surface area contributed by atoms with Gasteiger partial charge in [-0.3, -0.25) is 9.58 Å². The lowest BCUT2D eigenvalue weighted by Crippen LogP contribution is -2.31. The number of aromatic nitrogens is 2. The molecule has 0 bridgehead atoms. The molecule has 4 heteroatoms. The molecule has 0 aliphatic heterocycles. The first-order valence-corrected chi connectivity index (χ1v) is 6.68. The van der Waals surface area contributed by atoms with Crippen LogP contribution in [0.25, 0.3) is 0 Å². The summed E-state index contributed by atoms with van der Waals surface area (Å²) >= 11 is 3.62. The van der Waals surface area contributed by atoms with Gasteiger partial charge in [-0.2, -0.15) is 5.10 Å². The van der Waals surface area contributed by atoms with E-state index in [4.69, 9.17) is 0 Å². The normalized spacial score (nSPS) is 18.1. The molecular weight excluding hydrogens is 266 g/mol. The lowest BCUT2D eigenvalue weighted by molar-refractivity contribution is 0.221. The van der Waals surface area contributed by atoms with Gasteiger partial charge in [0.15, 0.2) is 0 Å². The molecule has 16 heavy (non-hydrogen) atoms. The van der Waals surface area contributed by atoms with E-state index in [0.717, 1.165) is 22.6 Å². The van der Waals surface area contributed by atoms with Crippen LogP contribution >= 0.6 is 15.9 Å². The van der Waals surface area contributed by atoms with E-state index >= 15 is 0 Å². The van der Waals surface area contributed by atoms with Crippen LogP contribution in [0.15, 0.2) is 4.47 Å². The van der Waals surface area contributed by atoms with Gasteiger partial charge in [-0.1, -0.05) is 0 Å². The van der Waals surface area contributed by atoms with Gasteiger partial charge in [0.1, 0.15) is 0 Å². The quantitative estimate of drug-likeness (QED) is 0.848. The molecule has 1 heterocycles. The van der Waals surface area contributed by atoms with E-state index in [0.29, 0.717) is 6.04 Å². The number of hydrogen-bond acceptors (Lipinski definition) is 2. The van der Waals surface area contributed by atoms with E-state index in [1.807, 2.05) is 18.7 Å². The van der Waals surface area contributed by atoms with Crippen LogP contribution in [0.5, 0.6) is 0 Å². The highest BCUT2D eigenvalue weighted by Gasteiger charge is 2.30. The average Bonchev–Trinajstić information content (AvgIpc) is 3.03. The van der Waals surface area contributed by atoms with Gasteiger partial charge in [0.05, 0.1) is 15.9 Å². The van der Waals surface area contributed by atoms with E-state index in [1.165, 1.54) is 18.5 Å². The van der Waals surface area contributed by atoms with Crippen molar-refractivity contribution in [2.24, 2.45) is 13.0 Å². The van der Waals surface area contributed by atoms with Crippen molar-refractivity contribution < 1.29 is 0 Å². The Kier molecular flexibility index (Phi) is 3.40. The first kappa shape index (κ1) is 12.1. The summed E-state index contributed by atoms with van der Waals surface area (Å²) < 4.78 is 3.14. The largest absolute Gasteiger partial charge is 0.298 e. The van der Waals surface area contributed by atoms with Crippen molar-refractivity contribution in [2.45, 2.75) is 39.3 Å². The van der Waals surface area contributed by atoms with Crippen LogP contribution in [-0.4, -0.2) is 27.8 Å². The third-order valence-corrected chi connectivity index (χ3v) is 4.69. The summed E-state index contributed by atoms with van der Waals surface area (Å²) in [7, 11) is 4.22. The minimum atomic E-state index is 0.683. The molecule has 1 aliphatic carbocycles. The summed E-state index contributed by atoms with van der Waals surface area (Å²) in [6.07, 6.45) is 2.80. The third-order valence-electron chi connectivity index (χ3n) is 3.66. The number of nitrogens with zero attached hydrogens (tertiary/aromatic N) is 3. The lowest BCUT2D eigenvalue weighted by Gasteiger charge is -2.24. The first-order valence-electron chi connectivity index (χ1n) is 5.89. The van der Waals surface area contributed by atoms with E-state index in [1.54, 1.807) is 0 Å². The van der Waals surface area contributed by atoms with E-state index in [2.05, 4.69) is 39.9 Å². The Balaban J connectivity index is 2.07. The minimum absolute atomic E-state index is 0.683. The molecule has 0 spiro atoms. The maximum atomic E-state index is 4.43. The molecule has 1 fully saturated rings. The van der Waals surface area contributed by atoms with Crippen LogP contribution < -0.4 is 0 Å². The van der Waals surface area contributed by atoms with Gasteiger partial charge in [-0.25, -0.2) is 0 Å². The molecule has 0 amide bonds. The van der Waals surface area contributed by atoms with Crippen LogP contribution in [0.3, 0.4) is 0 Å². The standard InChI is InChI=1S/C12H20BrN3/c1-8-12(13)11(16(4)14-8)7-15(3)9(2)10-5-6-10/h9-10H,5-7H2,1-4H3. The highest BCUT2D eigenvalue weighted by Crippen LogP contribution is 2.35. The molecule has 1 aliphatic rings. The Hall–Kier alpha value is -0.350. The Morgan fingerprint density at radius 3 is 2.62 bits per heavy atom. The molecule has 1 aromatic rings. The maximum absolute atomic E-state index is 4.43. The van der Waals surface area contributed by atoms with E-state index in [-0.39, 0.29) is 0 Å². The van der Waals surface area contributed by atoms with Gasteiger partial charge < -0.3 is 0 Å². The number of hydrogen-bond donors (Lipinski definition) is 0. The summed E-state index contributed by atoms with van der Waals surface area (Å²) in [5, 5.41) is 4.43. The van der Waals surface area contributed by atoms with Gasteiger partial charge in [0, 0.05) is 19.6 Å². The van der Waals surface area contributed by atoms with Crippen molar-refractivity contribution >= 4 is 15.9 Å². The molecule has 3 nitrogen and oxygen atoms in total. The molecule has 2 rings (SSSR count). The van der Waals surface area contributed by atoms with Gasteiger partial charge in [-0.15, -0.1) is 0 Å². The summed E-state index contributed by atoms with van der Waals surface area (Å²) in [5.74, 6) is 0.915. The summed E-state index contributed by atoms with van der Waals surface area (Å²) in [6.45, 7) is 5.34. The van der Waals surface area contributed by atoms with Crippen LogP contribution in [0.4, 0.5) is 0 Å². The van der Waals surface area contributed by atoms with Crippen LogP contribution in [0, 0.1) is 12.8 Å². The van der Waals surface area contributed by atoms with Gasteiger partial charge in [0.25, 0.3) is 0 Å². The fraction of sp³-hybridized carbons (Fsp3) is 0.750. The predicted octanol–water partition coefficient (Wildman–Crippen LogP) is 2.72. The summed E-state index contributed by atoms with van der Waals surface area (Å²) in [4.78, 5) is 2.43.